The van der Waals surface area contributed by atoms with Crippen molar-refractivity contribution in [3.63, 3.8) is 0 Å². The van der Waals surface area contributed by atoms with Crippen LogP contribution in [0.5, 0.6) is 17.2 Å². The summed E-state index contributed by atoms with van der Waals surface area (Å²) < 4.78 is 17.4. The van der Waals surface area contributed by atoms with Crippen LogP contribution in [0.3, 0.4) is 0 Å². The largest absolute Gasteiger partial charge is 0.489 e. The van der Waals surface area contributed by atoms with Gasteiger partial charge in [0.2, 0.25) is 5.78 Å². The van der Waals surface area contributed by atoms with Crippen molar-refractivity contribution < 1.29 is 19.0 Å². The summed E-state index contributed by atoms with van der Waals surface area (Å²) in [4.78, 5) is 12.7. The summed E-state index contributed by atoms with van der Waals surface area (Å²) in [6.07, 6.45) is 3.73. The normalized spacial score (nSPS) is 15.6. The van der Waals surface area contributed by atoms with Gasteiger partial charge in [0.15, 0.2) is 5.76 Å². The molecule has 0 saturated heterocycles. The molecular formula is C25H16Cl2O4. The molecule has 0 atom stereocenters. The summed E-state index contributed by atoms with van der Waals surface area (Å²) >= 11 is 12.0. The minimum absolute atomic E-state index is 0.161. The third-order valence-electron chi connectivity index (χ3n) is 5.00. The van der Waals surface area contributed by atoms with Gasteiger partial charge in [-0.3, -0.25) is 4.79 Å². The molecular weight excluding hydrogens is 435 g/mol. The Bertz CT molecular complexity index is 1260. The molecule has 2 aliphatic rings. The summed E-state index contributed by atoms with van der Waals surface area (Å²) in [5.41, 5.74) is 3.23. The van der Waals surface area contributed by atoms with Crippen LogP contribution in [0.2, 0.25) is 10.0 Å². The predicted molar refractivity (Wildman–Crippen MR) is 120 cm³/mol. The van der Waals surface area contributed by atoms with Crippen molar-refractivity contribution in [1.82, 2.24) is 0 Å². The highest BCUT2D eigenvalue weighted by atomic mass is 35.5. The van der Waals surface area contributed by atoms with E-state index in [1.54, 1.807) is 36.4 Å². The van der Waals surface area contributed by atoms with Crippen molar-refractivity contribution >= 4 is 35.1 Å². The molecule has 31 heavy (non-hydrogen) atoms. The minimum Gasteiger partial charge on any atom is -0.489 e. The van der Waals surface area contributed by atoms with Gasteiger partial charge >= 0.3 is 0 Å². The van der Waals surface area contributed by atoms with Crippen LogP contribution in [-0.2, 0) is 6.61 Å². The molecule has 0 amide bonds. The number of hydrogen-bond donors (Lipinski definition) is 0. The molecule has 3 aromatic rings. The number of carbonyl (C=O) groups is 1. The lowest BCUT2D eigenvalue weighted by atomic mass is 10.1. The maximum absolute atomic E-state index is 12.7. The van der Waals surface area contributed by atoms with E-state index in [1.165, 1.54) is 0 Å². The number of ketones is 1. The third-order valence-corrected chi connectivity index (χ3v) is 5.74. The minimum atomic E-state index is -0.161. The van der Waals surface area contributed by atoms with Gasteiger partial charge in [0.1, 0.15) is 30.5 Å². The van der Waals surface area contributed by atoms with Crippen LogP contribution >= 0.6 is 23.2 Å². The van der Waals surface area contributed by atoms with E-state index in [4.69, 9.17) is 37.4 Å². The Morgan fingerprint density at radius 3 is 2.71 bits per heavy atom. The van der Waals surface area contributed by atoms with Gasteiger partial charge in [-0.05, 0) is 53.6 Å². The van der Waals surface area contributed by atoms with Crippen molar-refractivity contribution in [2.24, 2.45) is 0 Å². The lowest BCUT2D eigenvalue weighted by Crippen LogP contribution is -2.08. The lowest BCUT2D eigenvalue weighted by molar-refractivity contribution is 0.101. The second-order valence-corrected chi connectivity index (χ2v) is 8.00. The molecule has 2 heterocycles. The first-order valence-electron chi connectivity index (χ1n) is 9.64. The van der Waals surface area contributed by atoms with E-state index in [0.717, 1.165) is 22.4 Å². The number of hydrogen-bond acceptors (Lipinski definition) is 4. The standard InChI is InChI=1S/C25H16Cl2O4/c26-20-8-5-15(10-21(20)27)13-29-18-6-7-19-23(12-18)31-24(25(19)28)11-16-9-17-3-1-2-4-22(17)30-14-16/h1-12H,13-14H2/b24-11-. The van der Waals surface area contributed by atoms with Crippen LogP contribution in [0.15, 0.2) is 78.1 Å². The van der Waals surface area contributed by atoms with Gasteiger partial charge in [-0.15, -0.1) is 0 Å². The molecule has 6 heteroatoms. The van der Waals surface area contributed by atoms with Gasteiger partial charge in [0, 0.05) is 11.6 Å². The number of Topliss-reactive ketones (excluding diaryl/α,β-unsaturated/α-hetero) is 1. The number of halogens is 2. The molecule has 0 radical (unpaired) electrons. The number of ether oxygens (including phenoxy) is 3. The van der Waals surface area contributed by atoms with Crippen molar-refractivity contribution in [2.45, 2.75) is 6.61 Å². The van der Waals surface area contributed by atoms with E-state index in [0.29, 0.717) is 40.3 Å². The highest BCUT2D eigenvalue weighted by molar-refractivity contribution is 6.42. The summed E-state index contributed by atoms with van der Waals surface area (Å²) in [6.45, 7) is 0.696. The average Bonchev–Trinajstić information content (AvgIpc) is 3.09. The number of para-hydroxylation sites is 1. The molecule has 2 aliphatic heterocycles. The Hall–Kier alpha value is -3.21. The Morgan fingerprint density at radius 2 is 1.84 bits per heavy atom. The van der Waals surface area contributed by atoms with E-state index >= 15 is 0 Å². The lowest BCUT2D eigenvalue weighted by Gasteiger charge is -2.15. The summed E-state index contributed by atoms with van der Waals surface area (Å²) in [5, 5.41) is 0.972. The van der Waals surface area contributed by atoms with E-state index in [-0.39, 0.29) is 11.5 Å². The molecule has 5 rings (SSSR count). The van der Waals surface area contributed by atoms with Crippen LogP contribution in [0.4, 0.5) is 0 Å². The molecule has 0 aromatic heterocycles. The molecule has 154 valence electrons. The van der Waals surface area contributed by atoms with Crippen LogP contribution in [0.1, 0.15) is 21.5 Å². The fourth-order valence-electron chi connectivity index (χ4n) is 3.44. The Kier molecular flexibility index (Phi) is 5.18. The van der Waals surface area contributed by atoms with Gasteiger partial charge in [-0.2, -0.15) is 0 Å². The fraction of sp³-hybridized carbons (Fsp3) is 0.0800. The number of allylic oxidation sites excluding steroid dienone is 1. The Morgan fingerprint density at radius 1 is 0.968 bits per heavy atom. The van der Waals surface area contributed by atoms with Gasteiger partial charge in [0.25, 0.3) is 0 Å². The molecule has 3 aromatic carbocycles. The summed E-state index contributed by atoms with van der Waals surface area (Å²) in [5.74, 6) is 2.00. The molecule has 4 nitrogen and oxygen atoms in total. The first kappa shape index (κ1) is 19.7. The van der Waals surface area contributed by atoms with Crippen molar-refractivity contribution in [3.05, 3.63) is 105 Å². The van der Waals surface area contributed by atoms with E-state index in [2.05, 4.69) is 0 Å². The highest BCUT2D eigenvalue weighted by Gasteiger charge is 2.28. The quantitative estimate of drug-likeness (QED) is 0.425. The molecule has 0 bridgehead atoms. The number of fused-ring (bicyclic) bond motifs is 2. The summed E-state index contributed by atoms with van der Waals surface area (Å²) in [7, 11) is 0. The van der Waals surface area contributed by atoms with Gasteiger partial charge < -0.3 is 14.2 Å². The SMILES string of the molecule is O=C1/C(=C/C2=Cc3ccccc3OC2)Oc2cc(OCc3ccc(Cl)c(Cl)c3)ccc21. The topological polar surface area (TPSA) is 44.8 Å². The maximum Gasteiger partial charge on any atom is 0.231 e. The highest BCUT2D eigenvalue weighted by Crippen LogP contribution is 2.36. The van der Waals surface area contributed by atoms with Crippen LogP contribution in [0, 0.1) is 0 Å². The zero-order valence-corrected chi connectivity index (χ0v) is 17.7. The fourth-order valence-corrected chi connectivity index (χ4v) is 3.76. The summed E-state index contributed by atoms with van der Waals surface area (Å²) in [6, 6.07) is 18.3. The first-order valence-corrected chi connectivity index (χ1v) is 10.4. The van der Waals surface area contributed by atoms with Gasteiger partial charge in [-0.25, -0.2) is 0 Å². The van der Waals surface area contributed by atoms with E-state index < -0.39 is 0 Å². The zero-order chi connectivity index (χ0) is 21.4. The van der Waals surface area contributed by atoms with Gasteiger partial charge in [0.05, 0.1) is 15.6 Å². The zero-order valence-electron chi connectivity index (χ0n) is 16.2. The van der Waals surface area contributed by atoms with E-state index in [9.17, 15) is 4.79 Å². The Labute approximate surface area is 189 Å². The van der Waals surface area contributed by atoms with Crippen molar-refractivity contribution in [3.8, 4) is 17.2 Å². The van der Waals surface area contributed by atoms with Crippen LogP contribution in [0.25, 0.3) is 6.08 Å². The molecule has 0 saturated carbocycles. The van der Waals surface area contributed by atoms with Crippen molar-refractivity contribution in [1.29, 1.82) is 0 Å². The molecule has 0 unspecified atom stereocenters. The number of carbonyl (C=O) groups excluding carboxylic acids is 1. The van der Waals surface area contributed by atoms with Crippen LogP contribution < -0.4 is 14.2 Å². The second kappa shape index (κ2) is 8.14. The number of benzene rings is 3. The molecule has 0 N–H and O–H groups in total. The monoisotopic (exact) mass is 450 g/mol. The van der Waals surface area contributed by atoms with Crippen LogP contribution in [-0.4, -0.2) is 12.4 Å². The van der Waals surface area contributed by atoms with Gasteiger partial charge in [-0.1, -0.05) is 47.5 Å². The third kappa shape index (κ3) is 4.05. The first-order chi connectivity index (χ1) is 15.1. The Balaban J connectivity index is 1.32. The average molecular weight is 451 g/mol. The smallest absolute Gasteiger partial charge is 0.231 e. The second-order valence-electron chi connectivity index (χ2n) is 7.18. The predicted octanol–water partition coefficient (Wildman–Crippen LogP) is 6.51. The van der Waals surface area contributed by atoms with Crippen molar-refractivity contribution in [2.75, 3.05) is 6.61 Å². The molecule has 0 aliphatic carbocycles. The number of rotatable bonds is 4. The molecule has 0 spiro atoms. The molecule has 0 fully saturated rings. The maximum atomic E-state index is 12.7. The van der Waals surface area contributed by atoms with E-state index in [1.807, 2.05) is 36.4 Å².